The predicted octanol–water partition coefficient (Wildman–Crippen LogP) is 3.50. The van der Waals surface area contributed by atoms with Crippen molar-refractivity contribution in [2.45, 2.75) is 75.2 Å². The fourth-order valence-corrected chi connectivity index (χ4v) is 5.47. The largest absolute Gasteiger partial charge is 0.351 e. The number of carbonyl (C=O) groups excluding carboxylic acids is 2. The van der Waals surface area contributed by atoms with Crippen molar-refractivity contribution in [3.8, 4) is 0 Å². The molecule has 1 N–H and O–H groups in total. The molecule has 0 bridgehead atoms. The van der Waals surface area contributed by atoms with Crippen LogP contribution in [0, 0.1) is 5.92 Å². The van der Waals surface area contributed by atoms with Crippen molar-refractivity contribution in [2.75, 3.05) is 13.1 Å². The molecule has 2 aliphatic heterocycles. The number of benzene rings is 1. The van der Waals surface area contributed by atoms with E-state index in [-0.39, 0.29) is 17.4 Å². The molecule has 4 fully saturated rings. The van der Waals surface area contributed by atoms with Crippen molar-refractivity contribution >= 4 is 11.8 Å². The molecule has 2 amide bonds. The van der Waals surface area contributed by atoms with Crippen LogP contribution in [0.3, 0.4) is 0 Å². The normalized spacial score (nSPS) is 32.3. The van der Waals surface area contributed by atoms with E-state index in [9.17, 15) is 9.59 Å². The monoisotopic (exact) mass is 366 g/mol. The number of rotatable bonds is 3. The summed E-state index contributed by atoms with van der Waals surface area (Å²) in [7, 11) is 0. The van der Waals surface area contributed by atoms with E-state index in [2.05, 4.69) is 41.4 Å². The van der Waals surface area contributed by atoms with E-state index in [1.807, 2.05) is 0 Å². The first-order valence-electron chi connectivity index (χ1n) is 10.7. The van der Waals surface area contributed by atoms with Gasteiger partial charge in [-0.05, 0) is 67.4 Å². The van der Waals surface area contributed by atoms with Crippen LogP contribution < -0.4 is 5.32 Å². The highest BCUT2D eigenvalue weighted by molar-refractivity contribution is 5.83. The molecule has 1 aromatic rings. The first kappa shape index (κ1) is 17.3. The molecule has 0 unspecified atom stereocenters. The number of hydrogen-bond acceptors (Lipinski definition) is 2. The fraction of sp³-hybridized carbons (Fsp3) is 0.652. The van der Waals surface area contributed by atoms with Crippen LogP contribution in [-0.4, -0.2) is 35.3 Å². The minimum absolute atomic E-state index is 0.0465. The Morgan fingerprint density at radius 3 is 2.52 bits per heavy atom. The number of nitrogens with one attached hydrogen (secondary N) is 1. The highest BCUT2D eigenvalue weighted by Gasteiger charge is 2.51. The van der Waals surface area contributed by atoms with Crippen LogP contribution in [0.2, 0.25) is 0 Å². The molecule has 2 heterocycles. The third kappa shape index (κ3) is 3.07. The van der Waals surface area contributed by atoms with E-state index in [1.165, 1.54) is 24.0 Å². The van der Waals surface area contributed by atoms with E-state index in [1.54, 1.807) is 0 Å². The van der Waals surface area contributed by atoms with Crippen molar-refractivity contribution in [3.63, 3.8) is 0 Å². The van der Waals surface area contributed by atoms with Gasteiger partial charge in [0.1, 0.15) is 0 Å². The molecule has 2 saturated carbocycles. The summed E-state index contributed by atoms with van der Waals surface area (Å²) in [6, 6.07) is 9.20. The fourth-order valence-electron chi connectivity index (χ4n) is 5.47. The van der Waals surface area contributed by atoms with Crippen LogP contribution in [0.15, 0.2) is 24.3 Å². The second kappa shape index (κ2) is 6.08. The zero-order chi connectivity index (χ0) is 18.6. The lowest BCUT2D eigenvalue weighted by molar-refractivity contribution is -0.142. The number of amides is 2. The Balaban J connectivity index is 1.16. The molecule has 0 aromatic heterocycles. The van der Waals surface area contributed by atoms with Crippen molar-refractivity contribution in [1.29, 1.82) is 0 Å². The lowest BCUT2D eigenvalue weighted by Crippen LogP contribution is -2.57. The Morgan fingerprint density at radius 1 is 1.15 bits per heavy atom. The molecule has 1 spiro atoms. The highest BCUT2D eigenvalue weighted by atomic mass is 16.2. The number of piperidine rings is 1. The lowest BCUT2D eigenvalue weighted by Gasteiger charge is -2.46. The summed E-state index contributed by atoms with van der Waals surface area (Å²) in [6.45, 7) is 4.12. The minimum Gasteiger partial charge on any atom is -0.351 e. The van der Waals surface area contributed by atoms with Gasteiger partial charge in [-0.2, -0.15) is 0 Å². The minimum atomic E-state index is -0.0465. The van der Waals surface area contributed by atoms with Crippen LogP contribution >= 0.6 is 0 Å². The van der Waals surface area contributed by atoms with Gasteiger partial charge in [0.15, 0.2) is 0 Å². The van der Waals surface area contributed by atoms with Gasteiger partial charge in [-0.1, -0.05) is 31.2 Å². The van der Waals surface area contributed by atoms with Crippen molar-refractivity contribution in [2.24, 2.45) is 5.92 Å². The molecule has 1 aromatic carbocycles. The molecule has 0 radical (unpaired) electrons. The summed E-state index contributed by atoms with van der Waals surface area (Å²) in [6.07, 6.45) is 7.99. The Labute approximate surface area is 161 Å². The van der Waals surface area contributed by atoms with E-state index >= 15 is 0 Å². The van der Waals surface area contributed by atoms with E-state index in [0.29, 0.717) is 23.7 Å². The summed E-state index contributed by atoms with van der Waals surface area (Å²) in [4.78, 5) is 26.4. The summed E-state index contributed by atoms with van der Waals surface area (Å²) in [5.41, 5.74) is 3.33. The Kier molecular flexibility index (Phi) is 3.89. The van der Waals surface area contributed by atoms with E-state index in [0.717, 1.165) is 45.2 Å². The second-order valence-corrected chi connectivity index (χ2v) is 9.72. The molecule has 4 nitrogen and oxygen atoms in total. The number of carbonyl (C=O) groups is 2. The third-order valence-electron chi connectivity index (χ3n) is 7.72. The van der Waals surface area contributed by atoms with Gasteiger partial charge in [-0.25, -0.2) is 0 Å². The first-order chi connectivity index (χ1) is 13.0. The average Bonchev–Trinajstić information content (AvgIpc) is 3.29. The smallest absolute Gasteiger partial charge is 0.225 e. The predicted molar refractivity (Wildman–Crippen MR) is 104 cm³/mol. The SMILES string of the molecule is CC1(c2cccc(C3CCN(C(=O)[C@H]4C[C@]5(CCC(=O)N5)C4)CC3)c2)CC1. The summed E-state index contributed by atoms with van der Waals surface area (Å²) < 4.78 is 0. The van der Waals surface area contributed by atoms with Gasteiger partial charge in [0, 0.05) is 31.0 Å². The zero-order valence-corrected chi connectivity index (χ0v) is 16.3. The topological polar surface area (TPSA) is 49.4 Å². The van der Waals surface area contributed by atoms with Crippen LogP contribution in [-0.2, 0) is 15.0 Å². The van der Waals surface area contributed by atoms with Gasteiger partial charge in [0.05, 0.1) is 0 Å². The zero-order valence-electron chi connectivity index (χ0n) is 16.3. The average molecular weight is 367 g/mol. The molecule has 4 aliphatic rings. The van der Waals surface area contributed by atoms with Gasteiger partial charge in [0.2, 0.25) is 11.8 Å². The van der Waals surface area contributed by atoms with Gasteiger partial charge < -0.3 is 10.2 Å². The van der Waals surface area contributed by atoms with Gasteiger partial charge in [-0.15, -0.1) is 0 Å². The third-order valence-corrected chi connectivity index (χ3v) is 7.72. The number of nitrogens with zero attached hydrogens (tertiary/aromatic N) is 1. The maximum Gasteiger partial charge on any atom is 0.225 e. The standard InChI is InChI=1S/C23H30N2O2/c1-22(9-10-22)19-4-2-3-17(13-19)16-6-11-25(12-7-16)21(27)18-14-23(15-18)8-5-20(26)24-23/h2-4,13,16,18H,5-12,14-15H2,1H3,(H,24,26)/t18-,23+. The highest BCUT2D eigenvalue weighted by Crippen LogP contribution is 2.48. The van der Waals surface area contributed by atoms with E-state index < -0.39 is 0 Å². The van der Waals surface area contributed by atoms with Crippen LogP contribution in [0.4, 0.5) is 0 Å². The number of likely N-dealkylation sites (tertiary alicyclic amines) is 1. The maximum atomic E-state index is 12.9. The molecular formula is C23H30N2O2. The maximum absolute atomic E-state index is 12.9. The number of hydrogen-bond donors (Lipinski definition) is 1. The van der Waals surface area contributed by atoms with Gasteiger partial charge >= 0.3 is 0 Å². The quantitative estimate of drug-likeness (QED) is 0.890. The van der Waals surface area contributed by atoms with E-state index in [4.69, 9.17) is 0 Å². The molecule has 144 valence electrons. The lowest BCUT2D eigenvalue weighted by atomic mass is 9.67. The molecule has 2 saturated heterocycles. The summed E-state index contributed by atoms with van der Waals surface area (Å²) in [5.74, 6) is 1.18. The van der Waals surface area contributed by atoms with Crippen molar-refractivity contribution in [1.82, 2.24) is 10.2 Å². The van der Waals surface area contributed by atoms with Crippen LogP contribution in [0.25, 0.3) is 0 Å². The molecular weight excluding hydrogens is 336 g/mol. The molecule has 5 rings (SSSR count). The molecule has 4 heteroatoms. The molecule has 0 atom stereocenters. The van der Waals surface area contributed by atoms with Crippen LogP contribution in [0.5, 0.6) is 0 Å². The summed E-state index contributed by atoms with van der Waals surface area (Å²) >= 11 is 0. The summed E-state index contributed by atoms with van der Waals surface area (Å²) in [5, 5.41) is 3.10. The Bertz CT molecular complexity index is 768. The molecule has 2 aliphatic carbocycles. The van der Waals surface area contributed by atoms with Crippen molar-refractivity contribution < 1.29 is 9.59 Å². The Morgan fingerprint density at radius 2 is 1.89 bits per heavy atom. The Hall–Kier alpha value is -1.84. The molecule has 27 heavy (non-hydrogen) atoms. The first-order valence-corrected chi connectivity index (χ1v) is 10.7. The van der Waals surface area contributed by atoms with Gasteiger partial charge in [0.25, 0.3) is 0 Å². The van der Waals surface area contributed by atoms with Crippen LogP contribution in [0.1, 0.15) is 75.3 Å². The van der Waals surface area contributed by atoms with Gasteiger partial charge in [-0.3, -0.25) is 9.59 Å². The second-order valence-electron chi connectivity index (χ2n) is 9.72. The van der Waals surface area contributed by atoms with Crippen molar-refractivity contribution in [3.05, 3.63) is 35.4 Å².